The van der Waals surface area contributed by atoms with Crippen LogP contribution in [0.15, 0.2) is 48.2 Å². The summed E-state index contributed by atoms with van der Waals surface area (Å²) in [6.07, 6.45) is 3.88. The largest absolute Gasteiger partial charge is 0.317 e. The monoisotopic (exact) mass is 394 g/mol. The molecule has 2 aromatic heterocycles. The number of nitriles is 1. The van der Waals surface area contributed by atoms with E-state index in [0.717, 1.165) is 5.01 Å². The Balaban J connectivity index is 1.85. The Hall–Kier alpha value is -3.84. The highest BCUT2D eigenvalue weighted by atomic mass is 32.1. The summed E-state index contributed by atoms with van der Waals surface area (Å²) in [6.45, 7) is 1.93. The zero-order chi connectivity index (χ0) is 20.1. The van der Waals surface area contributed by atoms with Crippen molar-refractivity contribution in [3.05, 3.63) is 69.0 Å². The van der Waals surface area contributed by atoms with E-state index < -0.39 is 10.8 Å². The molecule has 1 aromatic carbocycles. The fourth-order valence-corrected chi connectivity index (χ4v) is 3.06. The molecular weight excluding hydrogens is 380 g/mol. The van der Waals surface area contributed by atoms with Crippen LogP contribution in [0.5, 0.6) is 0 Å². The van der Waals surface area contributed by atoms with Crippen LogP contribution in [0, 0.1) is 21.4 Å². The van der Waals surface area contributed by atoms with Gasteiger partial charge in [-0.3, -0.25) is 20.2 Å². The lowest BCUT2D eigenvalue weighted by molar-refractivity contribution is -0.384. The van der Waals surface area contributed by atoms with Crippen LogP contribution in [0.3, 0.4) is 0 Å². The van der Waals surface area contributed by atoms with E-state index in [1.54, 1.807) is 35.0 Å². The van der Waals surface area contributed by atoms with Crippen LogP contribution < -0.4 is 5.32 Å². The fraction of sp³-hybridized carbons (Fsp3) is 0.111. The number of nitrogens with one attached hydrogen (secondary N) is 1. The molecule has 0 spiro atoms. The van der Waals surface area contributed by atoms with E-state index in [2.05, 4.69) is 15.5 Å². The van der Waals surface area contributed by atoms with E-state index >= 15 is 0 Å². The standard InChI is InChI=1S/C18H14N6O3S/c1-2-16-21-22-18(28-16)20-17(25)12(11-19)10-15-4-3-9-23(15)13-5-7-14(8-6-13)24(26)27/h3-10H,2H2,1H3,(H,20,22,25). The summed E-state index contributed by atoms with van der Waals surface area (Å²) >= 11 is 1.25. The number of nitro benzene ring substituents is 1. The third kappa shape index (κ3) is 4.11. The quantitative estimate of drug-likeness (QED) is 0.296. The predicted octanol–water partition coefficient (Wildman–Crippen LogP) is 3.35. The van der Waals surface area contributed by atoms with Gasteiger partial charge in [0.1, 0.15) is 16.6 Å². The van der Waals surface area contributed by atoms with Crippen molar-refractivity contribution in [2.75, 3.05) is 5.32 Å². The molecule has 140 valence electrons. The van der Waals surface area contributed by atoms with Gasteiger partial charge in [-0.2, -0.15) is 5.26 Å². The minimum Gasteiger partial charge on any atom is -0.317 e. The highest BCUT2D eigenvalue weighted by molar-refractivity contribution is 7.15. The number of aryl methyl sites for hydroxylation is 1. The average Bonchev–Trinajstić information content (AvgIpc) is 3.35. The van der Waals surface area contributed by atoms with Gasteiger partial charge in [-0.15, -0.1) is 10.2 Å². The number of hydrogen-bond acceptors (Lipinski definition) is 7. The Morgan fingerprint density at radius 2 is 2.11 bits per heavy atom. The lowest BCUT2D eigenvalue weighted by Crippen LogP contribution is -2.13. The zero-order valence-electron chi connectivity index (χ0n) is 14.7. The molecule has 1 amide bonds. The van der Waals surface area contributed by atoms with Gasteiger partial charge < -0.3 is 4.57 Å². The summed E-state index contributed by atoms with van der Waals surface area (Å²) in [5, 5.41) is 31.7. The van der Waals surface area contributed by atoms with Crippen molar-refractivity contribution in [3.63, 3.8) is 0 Å². The topological polar surface area (TPSA) is 127 Å². The lowest BCUT2D eigenvalue weighted by Gasteiger charge is -2.07. The van der Waals surface area contributed by atoms with Crippen molar-refractivity contribution in [1.29, 1.82) is 5.26 Å². The van der Waals surface area contributed by atoms with E-state index in [4.69, 9.17) is 0 Å². The number of amides is 1. The second kappa shape index (κ2) is 8.24. The van der Waals surface area contributed by atoms with Crippen LogP contribution in [-0.4, -0.2) is 25.6 Å². The first kappa shape index (κ1) is 18.9. The van der Waals surface area contributed by atoms with Gasteiger partial charge in [0, 0.05) is 29.7 Å². The molecule has 0 atom stereocenters. The highest BCUT2D eigenvalue weighted by Crippen LogP contribution is 2.20. The number of rotatable bonds is 6. The maximum absolute atomic E-state index is 12.4. The molecule has 0 saturated carbocycles. The van der Waals surface area contributed by atoms with E-state index in [0.29, 0.717) is 22.9 Å². The van der Waals surface area contributed by atoms with Gasteiger partial charge in [0.2, 0.25) is 5.13 Å². The number of hydrogen-bond donors (Lipinski definition) is 1. The Kier molecular flexibility index (Phi) is 5.57. The first-order valence-corrected chi connectivity index (χ1v) is 9.01. The number of benzene rings is 1. The van der Waals surface area contributed by atoms with Crippen molar-refractivity contribution in [2.45, 2.75) is 13.3 Å². The first-order valence-electron chi connectivity index (χ1n) is 8.19. The maximum Gasteiger partial charge on any atom is 0.269 e. The summed E-state index contributed by atoms with van der Waals surface area (Å²) < 4.78 is 1.72. The van der Waals surface area contributed by atoms with Crippen LogP contribution in [0.2, 0.25) is 0 Å². The third-order valence-corrected chi connectivity index (χ3v) is 4.75. The van der Waals surface area contributed by atoms with Crippen molar-refractivity contribution in [3.8, 4) is 11.8 Å². The van der Waals surface area contributed by atoms with Crippen LogP contribution in [0.25, 0.3) is 11.8 Å². The van der Waals surface area contributed by atoms with E-state index in [1.807, 2.05) is 13.0 Å². The second-order valence-corrected chi connectivity index (χ2v) is 6.62. The van der Waals surface area contributed by atoms with Gasteiger partial charge in [0.05, 0.1) is 4.92 Å². The SMILES string of the molecule is CCc1nnc(NC(=O)C(C#N)=Cc2cccn2-c2ccc([N+](=O)[O-])cc2)s1. The smallest absolute Gasteiger partial charge is 0.269 e. The molecule has 3 rings (SSSR count). The Morgan fingerprint density at radius 1 is 1.36 bits per heavy atom. The summed E-state index contributed by atoms with van der Waals surface area (Å²) in [6, 6.07) is 11.3. The van der Waals surface area contributed by atoms with Crippen molar-refractivity contribution >= 4 is 34.1 Å². The maximum atomic E-state index is 12.4. The molecule has 0 aliphatic carbocycles. The van der Waals surface area contributed by atoms with Gasteiger partial charge in [-0.25, -0.2) is 0 Å². The van der Waals surface area contributed by atoms with E-state index in [1.165, 1.54) is 29.5 Å². The molecule has 9 nitrogen and oxygen atoms in total. The van der Waals surface area contributed by atoms with Crippen LogP contribution >= 0.6 is 11.3 Å². The number of anilines is 1. The Labute approximate surface area is 163 Å². The van der Waals surface area contributed by atoms with Crippen LogP contribution in [-0.2, 0) is 11.2 Å². The van der Waals surface area contributed by atoms with Gasteiger partial charge in [-0.1, -0.05) is 18.3 Å². The lowest BCUT2D eigenvalue weighted by atomic mass is 10.2. The molecule has 0 fully saturated rings. The average molecular weight is 394 g/mol. The van der Waals surface area contributed by atoms with Crippen molar-refractivity contribution in [2.24, 2.45) is 0 Å². The Morgan fingerprint density at radius 3 is 2.71 bits per heavy atom. The summed E-state index contributed by atoms with van der Waals surface area (Å²) in [7, 11) is 0. The van der Waals surface area contributed by atoms with Gasteiger partial charge >= 0.3 is 0 Å². The molecule has 2 heterocycles. The summed E-state index contributed by atoms with van der Waals surface area (Å²) in [4.78, 5) is 22.7. The number of carbonyl (C=O) groups is 1. The number of carbonyl (C=O) groups excluding carboxylic acids is 1. The molecule has 0 aliphatic heterocycles. The predicted molar refractivity (Wildman–Crippen MR) is 104 cm³/mol. The highest BCUT2D eigenvalue weighted by Gasteiger charge is 2.14. The minimum atomic E-state index is -0.585. The molecule has 28 heavy (non-hydrogen) atoms. The number of aromatic nitrogens is 3. The minimum absolute atomic E-state index is 0.0198. The van der Waals surface area contributed by atoms with Gasteiger partial charge in [0.25, 0.3) is 11.6 Å². The van der Waals surface area contributed by atoms with E-state index in [-0.39, 0.29) is 11.3 Å². The van der Waals surface area contributed by atoms with Crippen LogP contribution in [0.1, 0.15) is 17.6 Å². The molecule has 0 radical (unpaired) electrons. The summed E-state index contributed by atoms with van der Waals surface area (Å²) in [5.41, 5.74) is 1.12. The molecule has 0 unspecified atom stereocenters. The number of non-ortho nitro benzene ring substituents is 1. The molecule has 0 saturated heterocycles. The molecule has 1 N–H and O–H groups in total. The first-order chi connectivity index (χ1) is 13.5. The normalized spacial score (nSPS) is 11.1. The fourth-order valence-electron chi connectivity index (χ4n) is 2.39. The van der Waals surface area contributed by atoms with Crippen LogP contribution in [0.4, 0.5) is 10.8 Å². The third-order valence-electron chi connectivity index (χ3n) is 3.77. The van der Waals surface area contributed by atoms with Crippen molar-refractivity contribution < 1.29 is 9.72 Å². The zero-order valence-corrected chi connectivity index (χ0v) is 15.5. The molecule has 3 aromatic rings. The molecule has 10 heteroatoms. The summed E-state index contributed by atoms with van der Waals surface area (Å²) in [5.74, 6) is -0.585. The molecule has 0 aliphatic rings. The van der Waals surface area contributed by atoms with Gasteiger partial charge in [-0.05, 0) is 36.8 Å². The van der Waals surface area contributed by atoms with E-state index in [9.17, 15) is 20.2 Å². The van der Waals surface area contributed by atoms with Gasteiger partial charge in [0.15, 0.2) is 0 Å². The molecule has 0 bridgehead atoms. The van der Waals surface area contributed by atoms with Crippen molar-refractivity contribution in [1.82, 2.24) is 14.8 Å². The number of nitrogens with zero attached hydrogens (tertiary/aromatic N) is 5. The number of nitro groups is 1. The second-order valence-electron chi connectivity index (χ2n) is 5.56. The molecular formula is C18H14N6O3S. The Bertz CT molecular complexity index is 1090.